The molecule has 3 N–H and O–H groups in total. The van der Waals surface area contributed by atoms with Crippen LogP contribution in [-0.4, -0.2) is 31.3 Å². The number of carbonyl (C=O) groups excluding carboxylic acids is 1. The van der Waals surface area contributed by atoms with Crippen molar-refractivity contribution < 1.29 is 19.4 Å². The van der Waals surface area contributed by atoms with Crippen LogP contribution in [0.2, 0.25) is 0 Å². The molecule has 1 unspecified atom stereocenters. The molecule has 0 amide bonds. The first-order valence-corrected chi connectivity index (χ1v) is 5.61. The highest BCUT2D eigenvalue weighted by Gasteiger charge is 2.20. The first-order valence-electron chi connectivity index (χ1n) is 5.61. The first-order chi connectivity index (χ1) is 8.42. The Morgan fingerprint density at radius 2 is 2.06 bits per heavy atom. The number of aryl methyl sites for hydroxylation is 1. The van der Waals surface area contributed by atoms with Crippen LogP contribution in [0.25, 0.3) is 0 Å². The summed E-state index contributed by atoms with van der Waals surface area (Å²) in [6.07, 6.45) is 0.211. The Balaban J connectivity index is 3.15. The van der Waals surface area contributed by atoms with Crippen LogP contribution in [0.5, 0.6) is 11.5 Å². The molecule has 0 fully saturated rings. The molecule has 0 aliphatic heterocycles. The zero-order valence-electron chi connectivity index (χ0n) is 11.1. The van der Waals surface area contributed by atoms with Gasteiger partial charge in [0, 0.05) is 12.0 Å². The molecule has 0 aliphatic carbocycles. The van der Waals surface area contributed by atoms with Crippen molar-refractivity contribution in [1.82, 2.24) is 0 Å². The van der Waals surface area contributed by atoms with E-state index in [4.69, 9.17) is 10.5 Å². The molecule has 5 heteroatoms. The van der Waals surface area contributed by atoms with Crippen molar-refractivity contribution >= 4 is 5.97 Å². The molecule has 100 valence electrons. The van der Waals surface area contributed by atoms with Gasteiger partial charge in [-0.25, -0.2) is 0 Å². The maximum Gasteiger partial charge on any atom is 0.322 e. The third kappa shape index (κ3) is 2.73. The summed E-state index contributed by atoms with van der Waals surface area (Å²) in [5.41, 5.74) is 7.79. The minimum atomic E-state index is -0.800. The minimum Gasteiger partial charge on any atom is -0.507 e. The molecule has 0 heterocycles. The number of nitrogens with two attached hydrogens (primary N) is 1. The molecule has 0 radical (unpaired) electrons. The number of rotatable bonds is 4. The van der Waals surface area contributed by atoms with Gasteiger partial charge in [0.05, 0.1) is 14.2 Å². The van der Waals surface area contributed by atoms with Crippen LogP contribution in [0.3, 0.4) is 0 Å². The molecular weight excluding hydrogens is 234 g/mol. The van der Waals surface area contributed by atoms with Crippen LogP contribution >= 0.6 is 0 Å². The Kier molecular flexibility index (Phi) is 4.55. The Bertz CT molecular complexity index is 457. The Morgan fingerprint density at radius 3 is 2.56 bits per heavy atom. The molecule has 0 spiro atoms. The molecule has 0 aliphatic rings. The third-order valence-electron chi connectivity index (χ3n) is 2.98. The van der Waals surface area contributed by atoms with Gasteiger partial charge in [-0.3, -0.25) is 4.79 Å². The lowest BCUT2D eigenvalue weighted by atomic mass is 9.97. The van der Waals surface area contributed by atoms with Crippen molar-refractivity contribution in [2.75, 3.05) is 14.2 Å². The van der Waals surface area contributed by atoms with E-state index in [-0.39, 0.29) is 12.2 Å². The number of methoxy groups -OCH3 is 2. The van der Waals surface area contributed by atoms with Crippen molar-refractivity contribution in [2.24, 2.45) is 5.73 Å². The van der Waals surface area contributed by atoms with E-state index in [0.717, 1.165) is 5.56 Å². The topological polar surface area (TPSA) is 81.8 Å². The quantitative estimate of drug-likeness (QED) is 0.784. The summed E-state index contributed by atoms with van der Waals surface area (Å²) in [5.74, 6) is 0.305. The monoisotopic (exact) mass is 253 g/mol. The molecule has 1 rings (SSSR count). The second-order valence-corrected chi connectivity index (χ2v) is 4.18. The lowest BCUT2D eigenvalue weighted by molar-refractivity contribution is -0.142. The smallest absolute Gasteiger partial charge is 0.322 e. The van der Waals surface area contributed by atoms with Crippen molar-refractivity contribution in [3.63, 3.8) is 0 Å². The van der Waals surface area contributed by atoms with Gasteiger partial charge in [0.15, 0.2) is 0 Å². The van der Waals surface area contributed by atoms with Gasteiger partial charge < -0.3 is 20.3 Å². The third-order valence-corrected chi connectivity index (χ3v) is 2.98. The summed E-state index contributed by atoms with van der Waals surface area (Å²) in [4.78, 5) is 11.3. The Hall–Kier alpha value is -1.75. The molecular formula is C13H19NO4. The molecule has 1 aromatic carbocycles. The number of ether oxygens (including phenoxy) is 2. The van der Waals surface area contributed by atoms with Gasteiger partial charge in [-0.15, -0.1) is 0 Å². The van der Waals surface area contributed by atoms with E-state index in [0.29, 0.717) is 16.9 Å². The average molecular weight is 253 g/mol. The summed E-state index contributed by atoms with van der Waals surface area (Å²) < 4.78 is 9.80. The molecule has 0 bridgehead atoms. The fraction of sp³-hybridized carbons (Fsp3) is 0.462. The van der Waals surface area contributed by atoms with Gasteiger partial charge in [0.25, 0.3) is 0 Å². The van der Waals surface area contributed by atoms with Gasteiger partial charge in [0.2, 0.25) is 0 Å². The normalized spacial score (nSPS) is 12.1. The van der Waals surface area contributed by atoms with Crippen LogP contribution in [0.15, 0.2) is 6.07 Å². The lowest BCUT2D eigenvalue weighted by Gasteiger charge is -2.17. The summed E-state index contributed by atoms with van der Waals surface area (Å²) >= 11 is 0. The number of benzene rings is 1. The Morgan fingerprint density at radius 1 is 1.44 bits per heavy atom. The number of phenolic OH excluding ortho intramolecular Hbond substituents is 1. The lowest BCUT2D eigenvalue weighted by Crippen LogP contribution is -2.33. The highest BCUT2D eigenvalue weighted by atomic mass is 16.5. The first kappa shape index (κ1) is 14.3. The molecule has 1 atom stereocenters. The molecule has 0 saturated heterocycles. The molecule has 5 nitrogen and oxygen atoms in total. The van der Waals surface area contributed by atoms with Crippen molar-refractivity contribution in [2.45, 2.75) is 26.3 Å². The standard InChI is InChI=1S/C13H19NO4/c1-7-5-11(17-3)8(2)9(12(7)15)6-10(14)13(16)18-4/h5,10,15H,6,14H2,1-4H3. The van der Waals surface area contributed by atoms with E-state index < -0.39 is 12.0 Å². The predicted octanol–water partition coefficient (Wildman–Crippen LogP) is 1.06. The van der Waals surface area contributed by atoms with E-state index in [9.17, 15) is 9.90 Å². The van der Waals surface area contributed by atoms with Crippen molar-refractivity contribution in [1.29, 1.82) is 0 Å². The predicted molar refractivity (Wildman–Crippen MR) is 67.8 cm³/mol. The fourth-order valence-electron chi connectivity index (χ4n) is 1.85. The number of phenols is 1. The molecule has 1 aromatic rings. The summed E-state index contributed by atoms with van der Waals surface area (Å²) in [7, 11) is 2.84. The summed E-state index contributed by atoms with van der Waals surface area (Å²) in [6, 6.07) is 0.948. The summed E-state index contributed by atoms with van der Waals surface area (Å²) in [5, 5.41) is 10.0. The van der Waals surface area contributed by atoms with Crippen LogP contribution < -0.4 is 10.5 Å². The SMILES string of the molecule is COC(=O)C(N)Cc1c(C)c(OC)cc(C)c1O. The zero-order valence-corrected chi connectivity index (χ0v) is 11.1. The van der Waals surface area contributed by atoms with Gasteiger partial charge in [-0.2, -0.15) is 0 Å². The maximum absolute atomic E-state index is 11.3. The summed E-state index contributed by atoms with van der Waals surface area (Å²) in [6.45, 7) is 3.59. The van der Waals surface area contributed by atoms with Gasteiger partial charge >= 0.3 is 5.97 Å². The van der Waals surface area contributed by atoms with Crippen molar-refractivity contribution in [3.8, 4) is 11.5 Å². The Labute approximate surface area is 107 Å². The van der Waals surface area contributed by atoms with Crippen LogP contribution in [0.4, 0.5) is 0 Å². The number of carbonyl (C=O) groups is 1. The second kappa shape index (κ2) is 5.73. The number of hydrogen-bond acceptors (Lipinski definition) is 5. The molecule has 18 heavy (non-hydrogen) atoms. The maximum atomic E-state index is 11.3. The number of aromatic hydroxyl groups is 1. The highest BCUT2D eigenvalue weighted by Crippen LogP contribution is 2.33. The molecule has 0 aromatic heterocycles. The second-order valence-electron chi connectivity index (χ2n) is 4.18. The zero-order chi connectivity index (χ0) is 13.9. The van der Waals surface area contributed by atoms with E-state index in [1.165, 1.54) is 7.11 Å². The molecule has 0 saturated carbocycles. The van der Waals surface area contributed by atoms with Crippen LogP contribution in [0, 0.1) is 13.8 Å². The number of hydrogen-bond donors (Lipinski definition) is 2. The fourth-order valence-corrected chi connectivity index (χ4v) is 1.85. The van der Waals surface area contributed by atoms with E-state index in [1.807, 2.05) is 6.92 Å². The largest absolute Gasteiger partial charge is 0.507 e. The van der Waals surface area contributed by atoms with Crippen LogP contribution in [0.1, 0.15) is 16.7 Å². The highest BCUT2D eigenvalue weighted by molar-refractivity contribution is 5.76. The minimum absolute atomic E-state index is 0.146. The van der Waals surface area contributed by atoms with E-state index in [2.05, 4.69) is 4.74 Å². The number of esters is 1. The van der Waals surface area contributed by atoms with Gasteiger partial charge in [-0.1, -0.05) is 0 Å². The van der Waals surface area contributed by atoms with Crippen LogP contribution in [-0.2, 0) is 16.0 Å². The van der Waals surface area contributed by atoms with Gasteiger partial charge in [-0.05, 0) is 31.0 Å². The average Bonchev–Trinajstić information content (AvgIpc) is 2.37. The van der Waals surface area contributed by atoms with Gasteiger partial charge in [0.1, 0.15) is 17.5 Å². The van der Waals surface area contributed by atoms with E-state index >= 15 is 0 Å². The van der Waals surface area contributed by atoms with Crippen molar-refractivity contribution in [3.05, 3.63) is 22.8 Å². The van der Waals surface area contributed by atoms with E-state index in [1.54, 1.807) is 20.1 Å².